The number of nitrogens with zero attached hydrogens (tertiary/aromatic N) is 1. The first kappa shape index (κ1) is 15.3. The van der Waals surface area contributed by atoms with Crippen molar-refractivity contribution in [3.05, 3.63) is 0 Å². The maximum Gasteiger partial charge on any atom is 0.249 e. The number of carbonyl (C=O) groups is 1. The third-order valence-electron chi connectivity index (χ3n) is 4.10. The summed E-state index contributed by atoms with van der Waals surface area (Å²) < 4.78 is 5.39. The fourth-order valence-corrected chi connectivity index (χ4v) is 2.78. The van der Waals surface area contributed by atoms with Crippen LogP contribution in [0.15, 0.2) is 0 Å². The summed E-state index contributed by atoms with van der Waals surface area (Å²) in [6.45, 7) is 6.69. The Labute approximate surface area is 122 Å². The Hall–Kier alpha value is -1.05. The highest BCUT2D eigenvalue weighted by Crippen LogP contribution is 2.17. The molecule has 2 rings (SSSR count). The van der Waals surface area contributed by atoms with Crippen molar-refractivity contribution < 1.29 is 9.53 Å². The van der Waals surface area contributed by atoms with Gasteiger partial charge >= 0.3 is 0 Å². The SMILES string of the molecule is CCC#CCN1CCC(CNC(=O)[C@@H]2CCCO2)CC1. The quantitative estimate of drug-likeness (QED) is 0.791. The predicted molar refractivity (Wildman–Crippen MR) is 79.2 cm³/mol. The molecule has 0 spiro atoms. The van der Waals surface area contributed by atoms with Gasteiger partial charge in [-0.1, -0.05) is 12.8 Å². The first-order valence-corrected chi connectivity index (χ1v) is 7.87. The van der Waals surface area contributed by atoms with Gasteiger partial charge in [0.2, 0.25) is 5.91 Å². The third kappa shape index (κ3) is 4.81. The van der Waals surface area contributed by atoms with Crippen molar-refractivity contribution in [2.75, 3.05) is 32.8 Å². The number of amides is 1. The average Bonchev–Trinajstić information content (AvgIpc) is 3.01. The first-order valence-electron chi connectivity index (χ1n) is 7.87. The molecule has 2 heterocycles. The highest BCUT2D eigenvalue weighted by molar-refractivity contribution is 5.80. The van der Waals surface area contributed by atoms with Crippen molar-refractivity contribution >= 4 is 5.91 Å². The van der Waals surface area contributed by atoms with Crippen molar-refractivity contribution in [3.63, 3.8) is 0 Å². The zero-order chi connectivity index (χ0) is 14.2. The lowest BCUT2D eigenvalue weighted by Gasteiger charge is -2.30. The van der Waals surface area contributed by atoms with Crippen molar-refractivity contribution in [2.24, 2.45) is 5.92 Å². The highest BCUT2D eigenvalue weighted by atomic mass is 16.5. The molecule has 2 aliphatic rings. The Morgan fingerprint density at radius 1 is 1.30 bits per heavy atom. The smallest absolute Gasteiger partial charge is 0.249 e. The van der Waals surface area contributed by atoms with Gasteiger partial charge in [-0.15, -0.1) is 5.92 Å². The van der Waals surface area contributed by atoms with E-state index in [4.69, 9.17) is 4.74 Å². The molecule has 112 valence electrons. The molecule has 0 saturated carbocycles. The van der Waals surface area contributed by atoms with Gasteiger partial charge in [-0.2, -0.15) is 0 Å². The molecule has 0 aliphatic carbocycles. The van der Waals surface area contributed by atoms with Gasteiger partial charge in [0, 0.05) is 19.6 Å². The number of hydrogen-bond donors (Lipinski definition) is 1. The molecule has 0 radical (unpaired) electrons. The second-order valence-electron chi connectivity index (χ2n) is 5.67. The van der Waals surface area contributed by atoms with Crippen LogP contribution in [0.25, 0.3) is 0 Å². The number of nitrogens with one attached hydrogen (secondary N) is 1. The van der Waals surface area contributed by atoms with Crippen LogP contribution in [0, 0.1) is 17.8 Å². The topological polar surface area (TPSA) is 41.6 Å². The minimum absolute atomic E-state index is 0.0822. The van der Waals surface area contributed by atoms with Gasteiger partial charge in [0.25, 0.3) is 0 Å². The maximum absolute atomic E-state index is 11.9. The van der Waals surface area contributed by atoms with Gasteiger partial charge < -0.3 is 10.1 Å². The zero-order valence-electron chi connectivity index (χ0n) is 12.5. The van der Waals surface area contributed by atoms with E-state index in [-0.39, 0.29) is 12.0 Å². The molecule has 1 amide bonds. The van der Waals surface area contributed by atoms with Crippen molar-refractivity contribution in [2.45, 2.75) is 45.1 Å². The van der Waals surface area contributed by atoms with E-state index in [2.05, 4.69) is 29.0 Å². The van der Waals surface area contributed by atoms with Crippen LogP contribution < -0.4 is 5.32 Å². The second-order valence-corrected chi connectivity index (χ2v) is 5.67. The molecule has 4 heteroatoms. The van der Waals surface area contributed by atoms with Crippen LogP contribution in [0.2, 0.25) is 0 Å². The predicted octanol–water partition coefficient (Wildman–Crippen LogP) is 1.41. The Morgan fingerprint density at radius 2 is 2.10 bits per heavy atom. The molecule has 1 N–H and O–H groups in total. The number of ether oxygens (including phenoxy) is 1. The number of carbonyl (C=O) groups excluding carboxylic acids is 1. The largest absolute Gasteiger partial charge is 0.368 e. The Balaban J connectivity index is 1.60. The number of piperidine rings is 1. The van der Waals surface area contributed by atoms with Gasteiger partial charge in [-0.3, -0.25) is 9.69 Å². The molecule has 0 aromatic heterocycles. The lowest BCUT2D eigenvalue weighted by Crippen LogP contribution is -2.41. The van der Waals surface area contributed by atoms with E-state index in [1.165, 1.54) is 0 Å². The molecule has 1 atom stereocenters. The summed E-state index contributed by atoms with van der Waals surface area (Å²) in [4.78, 5) is 14.3. The minimum atomic E-state index is -0.195. The normalized spacial score (nSPS) is 24.1. The number of likely N-dealkylation sites (tertiary alicyclic amines) is 1. The molecule has 20 heavy (non-hydrogen) atoms. The molecule has 0 aromatic carbocycles. The molecule has 2 fully saturated rings. The van der Waals surface area contributed by atoms with Crippen LogP contribution in [-0.4, -0.2) is 49.7 Å². The molecule has 4 nitrogen and oxygen atoms in total. The van der Waals surface area contributed by atoms with E-state index in [1.54, 1.807) is 0 Å². The summed E-state index contributed by atoms with van der Waals surface area (Å²) >= 11 is 0. The van der Waals surface area contributed by atoms with Crippen molar-refractivity contribution in [1.82, 2.24) is 10.2 Å². The van der Waals surface area contributed by atoms with Gasteiger partial charge in [-0.25, -0.2) is 0 Å². The summed E-state index contributed by atoms with van der Waals surface area (Å²) in [6.07, 6.45) is 4.93. The zero-order valence-corrected chi connectivity index (χ0v) is 12.5. The molecule has 2 aliphatic heterocycles. The summed E-state index contributed by atoms with van der Waals surface area (Å²) in [5, 5.41) is 3.05. The van der Waals surface area contributed by atoms with Gasteiger partial charge in [0.05, 0.1) is 6.54 Å². The number of hydrogen-bond acceptors (Lipinski definition) is 3. The second kappa shape index (κ2) is 8.28. The van der Waals surface area contributed by atoms with Crippen molar-refractivity contribution in [1.29, 1.82) is 0 Å². The standard InChI is InChI=1S/C16H26N2O2/c1-2-3-4-9-18-10-7-14(8-11-18)13-17-16(19)15-6-5-12-20-15/h14-15H,2,5-13H2,1H3,(H,17,19)/t15-/m0/s1. The fraction of sp³-hybridized carbons (Fsp3) is 0.812. The first-order chi connectivity index (χ1) is 9.79. The summed E-state index contributed by atoms with van der Waals surface area (Å²) in [5.41, 5.74) is 0. The van der Waals surface area contributed by atoms with E-state index >= 15 is 0 Å². The molecule has 2 saturated heterocycles. The lowest BCUT2D eigenvalue weighted by molar-refractivity contribution is -0.130. The van der Waals surface area contributed by atoms with Gasteiger partial charge in [0.15, 0.2) is 0 Å². The maximum atomic E-state index is 11.9. The number of rotatable bonds is 4. The molecular formula is C16H26N2O2. The Kier molecular flexibility index (Phi) is 6.35. The fourth-order valence-electron chi connectivity index (χ4n) is 2.78. The van der Waals surface area contributed by atoms with Crippen LogP contribution in [0.3, 0.4) is 0 Å². The average molecular weight is 278 g/mol. The lowest BCUT2D eigenvalue weighted by atomic mass is 9.96. The van der Waals surface area contributed by atoms with Gasteiger partial charge in [-0.05, 0) is 44.7 Å². The van der Waals surface area contributed by atoms with E-state index in [0.717, 1.165) is 64.9 Å². The Bertz CT molecular complexity index is 358. The van der Waals surface area contributed by atoms with Crippen LogP contribution in [0.4, 0.5) is 0 Å². The van der Waals surface area contributed by atoms with Gasteiger partial charge in [0.1, 0.15) is 6.10 Å². The third-order valence-corrected chi connectivity index (χ3v) is 4.10. The molecule has 0 unspecified atom stereocenters. The highest BCUT2D eigenvalue weighted by Gasteiger charge is 2.25. The van der Waals surface area contributed by atoms with E-state index < -0.39 is 0 Å². The van der Waals surface area contributed by atoms with Crippen molar-refractivity contribution in [3.8, 4) is 11.8 Å². The van der Waals surface area contributed by atoms with Crippen LogP contribution >= 0.6 is 0 Å². The van der Waals surface area contributed by atoms with E-state index in [1.807, 2.05) is 0 Å². The minimum Gasteiger partial charge on any atom is -0.368 e. The molecular weight excluding hydrogens is 252 g/mol. The van der Waals surface area contributed by atoms with Crippen LogP contribution in [0.5, 0.6) is 0 Å². The summed E-state index contributed by atoms with van der Waals surface area (Å²) in [7, 11) is 0. The van der Waals surface area contributed by atoms with E-state index in [9.17, 15) is 4.79 Å². The summed E-state index contributed by atoms with van der Waals surface area (Å²) in [6, 6.07) is 0. The summed E-state index contributed by atoms with van der Waals surface area (Å²) in [5.74, 6) is 7.00. The van der Waals surface area contributed by atoms with E-state index in [0.29, 0.717) is 5.92 Å². The van der Waals surface area contributed by atoms with Crippen LogP contribution in [-0.2, 0) is 9.53 Å². The Morgan fingerprint density at radius 3 is 2.75 bits per heavy atom. The monoisotopic (exact) mass is 278 g/mol. The van der Waals surface area contributed by atoms with Crippen LogP contribution in [0.1, 0.15) is 39.0 Å². The molecule has 0 bridgehead atoms. The molecule has 0 aromatic rings.